The largest absolute Gasteiger partial charge is 0.423 e. The Morgan fingerprint density at radius 1 is 1.25 bits per heavy atom. The molecule has 0 bridgehead atoms. The fourth-order valence-electron chi connectivity index (χ4n) is 2.42. The van der Waals surface area contributed by atoms with Crippen LogP contribution in [0, 0.1) is 6.92 Å². The lowest BCUT2D eigenvalue weighted by Crippen LogP contribution is -2.52. The van der Waals surface area contributed by atoms with Gasteiger partial charge >= 0.3 is 5.63 Å². The summed E-state index contributed by atoms with van der Waals surface area (Å²) in [7, 11) is 0. The van der Waals surface area contributed by atoms with Crippen molar-refractivity contribution >= 4 is 17.9 Å². The van der Waals surface area contributed by atoms with Crippen LogP contribution in [0.4, 0.5) is 0 Å². The molecule has 1 aromatic heterocycles. The van der Waals surface area contributed by atoms with Crippen LogP contribution in [0.25, 0.3) is 6.08 Å². The van der Waals surface area contributed by atoms with Crippen LogP contribution in [0.5, 0.6) is 0 Å². The molecule has 0 atom stereocenters. The van der Waals surface area contributed by atoms with Gasteiger partial charge in [-0.25, -0.2) is 4.79 Å². The van der Waals surface area contributed by atoms with Crippen LogP contribution < -0.4 is 10.9 Å². The zero-order valence-electron chi connectivity index (χ0n) is 14.0. The van der Waals surface area contributed by atoms with Crippen LogP contribution in [0.3, 0.4) is 0 Å². The number of nitrogens with zero attached hydrogens (tertiary/aromatic N) is 1. The topological polar surface area (TPSA) is 79.6 Å². The number of carbonyl (C=O) groups excluding carboxylic acids is 2. The van der Waals surface area contributed by atoms with Gasteiger partial charge in [0, 0.05) is 12.6 Å². The molecule has 0 aliphatic carbocycles. The van der Waals surface area contributed by atoms with Crippen LogP contribution >= 0.6 is 0 Å². The maximum atomic E-state index is 11.6. The number of allylic oxidation sites excluding steroid dienone is 3. The van der Waals surface area contributed by atoms with Crippen molar-refractivity contribution in [2.24, 2.45) is 0 Å². The van der Waals surface area contributed by atoms with E-state index in [2.05, 4.69) is 5.32 Å². The summed E-state index contributed by atoms with van der Waals surface area (Å²) in [5.74, 6) is 0.216. The quantitative estimate of drug-likeness (QED) is 0.634. The predicted octanol–water partition coefficient (Wildman–Crippen LogP) is 1.65. The molecule has 6 heteroatoms. The van der Waals surface area contributed by atoms with Crippen molar-refractivity contribution in [3.63, 3.8) is 0 Å². The highest BCUT2D eigenvalue weighted by Gasteiger charge is 2.24. The van der Waals surface area contributed by atoms with E-state index in [4.69, 9.17) is 4.42 Å². The van der Waals surface area contributed by atoms with Crippen molar-refractivity contribution < 1.29 is 14.0 Å². The van der Waals surface area contributed by atoms with Crippen LogP contribution in [0.2, 0.25) is 0 Å². The average molecular weight is 330 g/mol. The second-order valence-electron chi connectivity index (χ2n) is 5.82. The van der Waals surface area contributed by atoms with Crippen molar-refractivity contribution in [1.82, 2.24) is 10.2 Å². The second kappa shape index (κ2) is 8.40. The number of carbonyl (C=O) groups is 2. The van der Waals surface area contributed by atoms with Crippen molar-refractivity contribution in [2.45, 2.75) is 26.7 Å². The molecule has 6 nitrogen and oxygen atoms in total. The predicted molar refractivity (Wildman–Crippen MR) is 91.3 cm³/mol. The minimum Gasteiger partial charge on any atom is -0.423 e. The van der Waals surface area contributed by atoms with Crippen molar-refractivity contribution in [3.8, 4) is 0 Å². The summed E-state index contributed by atoms with van der Waals surface area (Å²) in [6.07, 6.45) is 7.04. The lowest BCUT2D eigenvalue weighted by Gasteiger charge is -2.25. The fraction of sp³-hybridized carbons (Fsp3) is 0.389. The molecule has 0 saturated carbocycles. The van der Waals surface area contributed by atoms with Gasteiger partial charge in [0.05, 0.1) is 13.1 Å². The minimum absolute atomic E-state index is 0.164. The Balaban J connectivity index is 1.84. The molecule has 2 heterocycles. The molecule has 1 fully saturated rings. The van der Waals surface area contributed by atoms with Crippen LogP contribution in [-0.4, -0.2) is 36.3 Å². The third kappa shape index (κ3) is 5.03. The smallest absolute Gasteiger partial charge is 0.336 e. The number of amides is 2. The Hall–Kier alpha value is -2.47. The highest BCUT2D eigenvalue weighted by atomic mass is 16.4. The molecule has 128 valence electrons. The summed E-state index contributed by atoms with van der Waals surface area (Å²) in [5, 5.41) is 2.77. The highest BCUT2D eigenvalue weighted by Crippen LogP contribution is 2.10. The summed E-state index contributed by atoms with van der Waals surface area (Å²) >= 11 is 0. The van der Waals surface area contributed by atoms with E-state index < -0.39 is 0 Å². The minimum atomic E-state index is -0.369. The molecule has 1 saturated heterocycles. The van der Waals surface area contributed by atoms with Gasteiger partial charge in [-0.1, -0.05) is 17.7 Å². The third-order valence-corrected chi connectivity index (χ3v) is 3.80. The molecule has 0 unspecified atom stereocenters. The maximum Gasteiger partial charge on any atom is 0.336 e. The number of hydrogen-bond donors (Lipinski definition) is 1. The Kier molecular flexibility index (Phi) is 6.26. The van der Waals surface area contributed by atoms with E-state index in [-0.39, 0.29) is 30.5 Å². The molecule has 0 aromatic carbocycles. The van der Waals surface area contributed by atoms with Gasteiger partial charge in [-0.2, -0.15) is 0 Å². The first-order valence-electron chi connectivity index (χ1n) is 7.96. The van der Waals surface area contributed by atoms with Crippen molar-refractivity contribution in [2.75, 3.05) is 19.6 Å². The van der Waals surface area contributed by atoms with Gasteiger partial charge in [0.1, 0.15) is 5.76 Å². The summed E-state index contributed by atoms with van der Waals surface area (Å²) in [5.41, 5.74) is 1.65. The van der Waals surface area contributed by atoms with E-state index >= 15 is 0 Å². The first-order valence-corrected chi connectivity index (χ1v) is 7.96. The zero-order valence-corrected chi connectivity index (χ0v) is 14.0. The molecule has 1 aliphatic rings. The van der Waals surface area contributed by atoms with Gasteiger partial charge in [-0.3, -0.25) is 19.8 Å². The Labute approximate surface area is 140 Å². The SMILES string of the molecule is C/C(=C\C=C/c1oc(=O)ccc1C)CCCN1C(=O)CNCC1=O. The summed E-state index contributed by atoms with van der Waals surface area (Å²) < 4.78 is 5.11. The van der Waals surface area contributed by atoms with E-state index in [1.54, 1.807) is 12.1 Å². The molecule has 2 amide bonds. The standard InChI is InChI=1S/C18H22N2O4/c1-13(5-3-7-15-14(2)8-9-18(23)24-15)6-4-10-20-16(21)11-19-12-17(20)22/h3,5,7-9,19H,4,6,10-12H2,1-2H3/b7-3-,13-5+. The number of nitrogens with one attached hydrogen (secondary N) is 1. The second-order valence-corrected chi connectivity index (χ2v) is 5.82. The fourth-order valence-corrected chi connectivity index (χ4v) is 2.42. The van der Waals surface area contributed by atoms with Gasteiger partial charge in [-0.05, 0) is 44.4 Å². The molecule has 24 heavy (non-hydrogen) atoms. The molecule has 2 rings (SSSR count). The number of rotatable bonds is 6. The number of imide groups is 1. The van der Waals surface area contributed by atoms with E-state index in [9.17, 15) is 14.4 Å². The zero-order chi connectivity index (χ0) is 17.5. The van der Waals surface area contributed by atoms with Crippen LogP contribution in [-0.2, 0) is 9.59 Å². The third-order valence-electron chi connectivity index (χ3n) is 3.80. The number of piperazine rings is 1. The Morgan fingerprint density at radius 3 is 2.67 bits per heavy atom. The van der Waals surface area contributed by atoms with Crippen molar-refractivity contribution in [3.05, 3.63) is 51.6 Å². The van der Waals surface area contributed by atoms with Gasteiger partial charge in [-0.15, -0.1) is 0 Å². The van der Waals surface area contributed by atoms with Gasteiger partial charge in [0.15, 0.2) is 0 Å². The van der Waals surface area contributed by atoms with E-state index in [0.29, 0.717) is 12.3 Å². The van der Waals surface area contributed by atoms with Gasteiger partial charge in [0.2, 0.25) is 11.8 Å². The van der Waals surface area contributed by atoms with Gasteiger partial charge in [0.25, 0.3) is 0 Å². The molecular formula is C18H22N2O4. The molecular weight excluding hydrogens is 308 g/mol. The van der Waals surface area contributed by atoms with E-state index in [0.717, 1.165) is 24.0 Å². The lowest BCUT2D eigenvalue weighted by molar-refractivity contribution is -0.146. The van der Waals surface area contributed by atoms with Gasteiger partial charge < -0.3 is 4.42 Å². The molecule has 1 aliphatic heterocycles. The normalized spacial score (nSPS) is 16.2. The molecule has 1 N–H and O–H groups in total. The summed E-state index contributed by atoms with van der Waals surface area (Å²) in [6.45, 7) is 4.76. The molecule has 0 spiro atoms. The Bertz CT molecular complexity index is 715. The van der Waals surface area contributed by atoms with E-state index in [1.165, 1.54) is 11.0 Å². The first-order chi connectivity index (χ1) is 11.5. The van der Waals surface area contributed by atoms with Crippen molar-refractivity contribution in [1.29, 1.82) is 0 Å². The number of hydrogen-bond acceptors (Lipinski definition) is 5. The van der Waals surface area contributed by atoms with Crippen LogP contribution in [0.15, 0.2) is 39.1 Å². The summed E-state index contributed by atoms with van der Waals surface area (Å²) in [4.78, 5) is 35.8. The lowest BCUT2D eigenvalue weighted by atomic mass is 10.1. The Morgan fingerprint density at radius 2 is 1.96 bits per heavy atom. The molecule has 1 aromatic rings. The summed E-state index contributed by atoms with van der Waals surface area (Å²) in [6, 6.07) is 3.12. The first kappa shape index (κ1) is 17.9. The van der Waals surface area contributed by atoms with Crippen LogP contribution in [0.1, 0.15) is 31.1 Å². The average Bonchev–Trinajstić information content (AvgIpc) is 2.53. The molecule has 0 radical (unpaired) electrons. The van der Waals surface area contributed by atoms with E-state index in [1.807, 2.05) is 26.0 Å². The number of aryl methyl sites for hydroxylation is 1. The highest BCUT2D eigenvalue weighted by molar-refractivity contribution is 5.99. The maximum absolute atomic E-state index is 11.6. The monoisotopic (exact) mass is 330 g/mol.